The number of carbonyl (C=O) groups excluding carboxylic acids is 1. The number of ether oxygens (including phenoxy) is 3. The van der Waals surface area contributed by atoms with Gasteiger partial charge in [0.05, 0.1) is 28.7 Å². The fraction of sp³-hybridized carbons (Fsp3) is 0.188. The molecule has 0 atom stereocenters. The van der Waals surface area contributed by atoms with Crippen LogP contribution >= 0.6 is 39.1 Å². The normalized spacial score (nSPS) is 10.3. The molecule has 2 aromatic rings. The average molecular weight is 420 g/mol. The molecule has 0 spiro atoms. The highest BCUT2D eigenvalue weighted by Crippen LogP contribution is 2.44. The van der Waals surface area contributed by atoms with E-state index in [9.17, 15) is 4.79 Å². The largest absolute Gasteiger partial charge is 0.493 e. The van der Waals surface area contributed by atoms with Crippen LogP contribution in [0.5, 0.6) is 17.2 Å². The van der Waals surface area contributed by atoms with Gasteiger partial charge in [0.15, 0.2) is 17.8 Å². The molecule has 0 aliphatic rings. The zero-order valence-electron chi connectivity index (χ0n) is 12.4. The molecule has 122 valence electrons. The minimum atomic E-state index is 0.233. The number of methoxy groups -OCH3 is 2. The van der Waals surface area contributed by atoms with Gasteiger partial charge in [0.2, 0.25) is 5.75 Å². The molecule has 0 aliphatic carbocycles. The van der Waals surface area contributed by atoms with Crippen molar-refractivity contribution in [2.75, 3.05) is 14.2 Å². The van der Waals surface area contributed by atoms with Crippen LogP contribution in [0.3, 0.4) is 0 Å². The first-order valence-corrected chi connectivity index (χ1v) is 8.03. The minimum absolute atomic E-state index is 0.233. The van der Waals surface area contributed by atoms with Crippen LogP contribution in [0.25, 0.3) is 0 Å². The molecule has 2 aromatic carbocycles. The van der Waals surface area contributed by atoms with E-state index in [1.165, 1.54) is 14.2 Å². The second-order valence-electron chi connectivity index (χ2n) is 4.50. The Hall–Kier alpha value is -1.43. The van der Waals surface area contributed by atoms with Gasteiger partial charge in [-0.1, -0.05) is 29.3 Å². The summed E-state index contributed by atoms with van der Waals surface area (Å²) >= 11 is 15.2. The van der Waals surface area contributed by atoms with Gasteiger partial charge >= 0.3 is 0 Å². The summed E-state index contributed by atoms with van der Waals surface area (Å²) in [6.45, 7) is 0.233. The highest BCUT2D eigenvalue weighted by atomic mass is 79.9. The zero-order chi connectivity index (χ0) is 17.0. The van der Waals surface area contributed by atoms with Gasteiger partial charge in [0.1, 0.15) is 6.61 Å². The molecule has 2 rings (SSSR count). The molecule has 0 saturated heterocycles. The van der Waals surface area contributed by atoms with Crippen molar-refractivity contribution >= 4 is 45.4 Å². The van der Waals surface area contributed by atoms with Crippen molar-refractivity contribution in [1.29, 1.82) is 0 Å². The fourth-order valence-corrected chi connectivity index (χ4v) is 2.82. The lowest BCUT2D eigenvalue weighted by atomic mass is 10.2. The van der Waals surface area contributed by atoms with Crippen LogP contribution in [-0.2, 0) is 6.61 Å². The van der Waals surface area contributed by atoms with Crippen molar-refractivity contribution in [1.82, 2.24) is 0 Å². The van der Waals surface area contributed by atoms with Crippen LogP contribution in [0.15, 0.2) is 28.7 Å². The standard InChI is InChI=1S/C16H13BrCl2O4/c1-21-13-6-10(7-20)14(17)16(22-2)15(13)23-8-9-3-4-11(18)12(19)5-9/h3-7H,8H2,1-2H3. The van der Waals surface area contributed by atoms with Gasteiger partial charge in [0.25, 0.3) is 0 Å². The SMILES string of the molecule is COc1cc(C=O)c(Br)c(OC)c1OCc1ccc(Cl)c(Cl)c1. The number of benzene rings is 2. The summed E-state index contributed by atoms with van der Waals surface area (Å²) in [5, 5.41) is 0.924. The number of halogens is 3. The van der Waals surface area contributed by atoms with Crippen LogP contribution < -0.4 is 14.2 Å². The molecule has 0 saturated carbocycles. The van der Waals surface area contributed by atoms with E-state index < -0.39 is 0 Å². The molecule has 0 N–H and O–H groups in total. The second-order valence-corrected chi connectivity index (χ2v) is 6.11. The van der Waals surface area contributed by atoms with Gasteiger partial charge in [0, 0.05) is 5.56 Å². The minimum Gasteiger partial charge on any atom is -0.493 e. The van der Waals surface area contributed by atoms with Crippen molar-refractivity contribution in [3.63, 3.8) is 0 Å². The van der Waals surface area contributed by atoms with Crippen LogP contribution in [-0.4, -0.2) is 20.5 Å². The first-order valence-electron chi connectivity index (χ1n) is 6.48. The first-order chi connectivity index (χ1) is 11.0. The molecular weight excluding hydrogens is 407 g/mol. The lowest BCUT2D eigenvalue weighted by molar-refractivity contribution is 0.112. The Balaban J connectivity index is 2.36. The van der Waals surface area contributed by atoms with E-state index in [0.717, 1.165) is 5.56 Å². The molecule has 0 fully saturated rings. The van der Waals surface area contributed by atoms with E-state index in [-0.39, 0.29) is 6.61 Å². The van der Waals surface area contributed by atoms with Crippen LogP contribution in [0.4, 0.5) is 0 Å². The zero-order valence-corrected chi connectivity index (χ0v) is 15.5. The Kier molecular flexibility index (Phi) is 6.16. The predicted octanol–water partition coefficient (Wildman–Crippen LogP) is 5.16. The summed E-state index contributed by atoms with van der Waals surface area (Å²) in [5.74, 6) is 1.16. The quantitative estimate of drug-likeness (QED) is 0.606. The van der Waals surface area contributed by atoms with Crippen LogP contribution in [0, 0.1) is 0 Å². The van der Waals surface area contributed by atoms with Crippen molar-refractivity contribution in [2.45, 2.75) is 6.61 Å². The third kappa shape index (κ3) is 3.91. The number of rotatable bonds is 6. The Labute approximate surface area is 152 Å². The summed E-state index contributed by atoms with van der Waals surface area (Å²) in [5.41, 5.74) is 1.24. The average Bonchev–Trinajstić information content (AvgIpc) is 2.56. The summed E-state index contributed by atoms with van der Waals surface area (Å²) in [4.78, 5) is 11.1. The molecule has 0 radical (unpaired) electrons. The fourth-order valence-electron chi connectivity index (χ4n) is 1.95. The van der Waals surface area contributed by atoms with E-state index in [0.29, 0.717) is 43.6 Å². The molecule has 4 nitrogen and oxygen atoms in total. The maximum Gasteiger partial charge on any atom is 0.205 e. The van der Waals surface area contributed by atoms with Gasteiger partial charge in [-0.15, -0.1) is 0 Å². The van der Waals surface area contributed by atoms with Crippen molar-refractivity contribution in [3.8, 4) is 17.2 Å². The predicted molar refractivity (Wildman–Crippen MR) is 93.4 cm³/mol. The molecule has 0 heterocycles. The van der Waals surface area contributed by atoms with Crippen molar-refractivity contribution in [2.24, 2.45) is 0 Å². The molecular formula is C16H13BrCl2O4. The molecule has 0 unspecified atom stereocenters. The molecule has 0 aliphatic heterocycles. The van der Waals surface area contributed by atoms with E-state index in [4.69, 9.17) is 37.4 Å². The lowest BCUT2D eigenvalue weighted by Crippen LogP contribution is -2.02. The molecule has 0 aromatic heterocycles. The Bertz CT molecular complexity index is 735. The van der Waals surface area contributed by atoms with E-state index >= 15 is 0 Å². The monoisotopic (exact) mass is 418 g/mol. The molecule has 0 amide bonds. The number of aldehydes is 1. The number of hydrogen-bond acceptors (Lipinski definition) is 4. The number of carbonyl (C=O) groups is 1. The maximum atomic E-state index is 11.1. The third-order valence-electron chi connectivity index (χ3n) is 3.09. The number of hydrogen-bond donors (Lipinski definition) is 0. The summed E-state index contributed by atoms with van der Waals surface area (Å²) < 4.78 is 16.9. The van der Waals surface area contributed by atoms with Gasteiger partial charge in [-0.25, -0.2) is 0 Å². The second kappa shape index (κ2) is 7.90. The van der Waals surface area contributed by atoms with Gasteiger partial charge in [-0.05, 0) is 39.7 Å². The van der Waals surface area contributed by atoms with Gasteiger partial charge in [-0.2, -0.15) is 0 Å². The van der Waals surface area contributed by atoms with Crippen LogP contribution in [0.1, 0.15) is 15.9 Å². The summed E-state index contributed by atoms with van der Waals surface area (Å²) in [7, 11) is 2.98. The Morgan fingerprint density at radius 1 is 1.09 bits per heavy atom. The Morgan fingerprint density at radius 3 is 2.39 bits per heavy atom. The first kappa shape index (κ1) is 17.9. The van der Waals surface area contributed by atoms with Crippen LogP contribution in [0.2, 0.25) is 10.0 Å². The highest BCUT2D eigenvalue weighted by Gasteiger charge is 2.19. The van der Waals surface area contributed by atoms with Gasteiger partial charge < -0.3 is 14.2 Å². The van der Waals surface area contributed by atoms with E-state index in [2.05, 4.69) is 15.9 Å². The van der Waals surface area contributed by atoms with E-state index in [1.807, 2.05) is 6.07 Å². The molecule has 23 heavy (non-hydrogen) atoms. The topological polar surface area (TPSA) is 44.8 Å². The molecule has 7 heteroatoms. The van der Waals surface area contributed by atoms with Crippen molar-refractivity contribution in [3.05, 3.63) is 49.9 Å². The van der Waals surface area contributed by atoms with E-state index in [1.54, 1.807) is 18.2 Å². The van der Waals surface area contributed by atoms with Crippen molar-refractivity contribution < 1.29 is 19.0 Å². The molecule has 0 bridgehead atoms. The summed E-state index contributed by atoms with van der Waals surface area (Å²) in [6.07, 6.45) is 0.706. The summed E-state index contributed by atoms with van der Waals surface area (Å²) in [6, 6.07) is 6.80. The lowest BCUT2D eigenvalue weighted by Gasteiger charge is -2.17. The highest BCUT2D eigenvalue weighted by molar-refractivity contribution is 9.10. The third-order valence-corrected chi connectivity index (χ3v) is 4.64. The smallest absolute Gasteiger partial charge is 0.205 e. The Morgan fingerprint density at radius 2 is 1.83 bits per heavy atom. The van der Waals surface area contributed by atoms with Gasteiger partial charge in [-0.3, -0.25) is 4.79 Å². The maximum absolute atomic E-state index is 11.1.